The molecule has 0 bridgehead atoms. The summed E-state index contributed by atoms with van der Waals surface area (Å²) in [5.74, 6) is -1.37. The van der Waals surface area contributed by atoms with E-state index in [0.29, 0.717) is 11.3 Å². The van der Waals surface area contributed by atoms with Crippen molar-refractivity contribution < 1.29 is 14.7 Å². The van der Waals surface area contributed by atoms with Crippen LogP contribution in [0.2, 0.25) is 0 Å². The van der Waals surface area contributed by atoms with Crippen molar-refractivity contribution >= 4 is 40.2 Å². The summed E-state index contributed by atoms with van der Waals surface area (Å²) in [5.41, 5.74) is 2.10. The zero-order valence-corrected chi connectivity index (χ0v) is 15.0. The molecule has 2 N–H and O–H groups in total. The third-order valence-electron chi connectivity index (χ3n) is 3.50. The van der Waals surface area contributed by atoms with Crippen LogP contribution in [0.25, 0.3) is 0 Å². The van der Waals surface area contributed by atoms with E-state index in [0.717, 1.165) is 22.8 Å². The maximum absolute atomic E-state index is 12.3. The van der Waals surface area contributed by atoms with Gasteiger partial charge in [-0.05, 0) is 71.3 Å². The molecule has 0 radical (unpaired) electrons. The summed E-state index contributed by atoms with van der Waals surface area (Å²) < 4.78 is 0.804. The van der Waals surface area contributed by atoms with Crippen LogP contribution in [0.3, 0.4) is 0 Å². The highest BCUT2D eigenvalue weighted by Gasteiger charge is 2.14. The number of carboxylic acid groups (broad SMARTS) is 1. The topological polar surface area (TPSA) is 66.4 Å². The number of hydrogen-bond donors (Lipinski definition) is 2. The van der Waals surface area contributed by atoms with Crippen LogP contribution in [0.4, 0.5) is 5.69 Å². The Kier molecular flexibility index (Phi) is 6.15. The van der Waals surface area contributed by atoms with Crippen molar-refractivity contribution in [3.05, 3.63) is 62.7 Å². The number of benzene rings is 2. The highest BCUT2D eigenvalue weighted by Crippen LogP contribution is 2.20. The first kappa shape index (κ1) is 17.5. The highest BCUT2D eigenvalue weighted by atomic mass is 127. The quantitative estimate of drug-likeness (QED) is 0.669. The minimum absolute atomic E-state index is 0.0878. The summed E-state index contributed by atoms with van der Waals surface area (Å²) in [6, 6.07) is 12.3. The third kappa shape index (κ3) is 4.79. The fourth-order valence-corrected chi connectivity index (χ4v) is 2.69. The average Bonchev–Trinajstić information content (AvgIpc) is 2.54. The van der Waals surface area contributed by atoms with Crippen LogP contribution >= 0.6 is 22.6 Å². The molecule has 0 saturated carbocycles. The number of nitrogens with one attached hydrogen (secondary N) is 1. The third-order valence-corrected chi connectivity index (χ3v) is 4.17. The van der Waals surface area contributed by atoms with Crippen molar-refractivity contribution in [2.45, 2.75) is 26.2 Å². The molecule has 5 heteroatoms. The molecule has 0 saturated heterocycles. The van der Waals surface area contributed by atoms with Gasteiger partial charge in [0.2, 0.25) is 0 Å². The van der Waals surface area contributed by atoms with Gasteiger partial charge < -0.3 is 10.4 Å². The van der Waals surface area contributed by atoms with Gasteiger partial charge in [0.05, 0.1) is 11.3 Å². The summed E-state index contributed by atoms with van der Waals surface area (Å²) in [6.45, 7) is 2.14. The molecule has 0 aromatic heterocycles. The van der Waals surface area contributed by atoms with Crippen LogP contribution in [0.15, 0.2) is 42.5 Å². The predicted octanol–water partition coefficient (Wildman–Crippen LogP) is 4.58. The van der Waals surface area contributed by atoms with Gasteiger partial charge in [0.25, 0.3) is 5.91 Å². The number of aryl methyl sites for hydroxylation is 1. The predicted molar refractivity (Wildman–Crippen MR) is 99.1 cm³/mol. The number of anilines is 1. The lowest BCUT2D eigenvalue weighted by molar-refractivity contribution is 0.0698. The molecule has 0 atom stereocenters. The van der Waals surface area contributed by atoms with Gasteiger partial charge in [-0.3, -0.25) is 4.79 Å². The van der Waals surface area contributed by atoms with Gasteiger partial charge in [-0.15, -0.1) is 0 Å². The van der Waals surface area contributed by atoms with Crippen LogP contribution < -0.4 is 5.32 Å². The summed E-state index contributed by atoms with van der Waals surface area (Å²) in [6.07, 6.45) is 3.25. The van der Waals surface area contributed by atoms with Crippen molar-refractivity contribution in [3.8, 4) is 0 Å². The second-order valence-corrected chi connectivity index (χ2v) is 6.50. The van der Waals surface area contributed by atoms with E-state index < -0.39 is 5.97 Å². The van der Waals surface area contributed by atoms with Crippen molar-refractivity contribution in [1.82, 2.24) is 0 Å². The van der Waals surface area contributed by atoms with Gasteiger partial charge in [-0.25, -0.2) is 4.79 Å². The molecule has 4 nitrogen and oxygen atoms in total. The zero-order chi connectivity index (χ0) is 16.8. The SMILES string of the molecule is CCCCc1ccc(C(=O)Nc2ccc(I)cc2C(=O)O)cc1. The molecule has 0 aliphatic carbocycles. The van der Waals surface area contributed by atoms with Crippen LogP contribution in [-0.2, 0) is 6.42 Å². The Morgan fingerprint density at radius 1 is 1.13 bits per heavy atom. The first-order valence-electron chi connectivity index (χ1n) is 7.44. The number of carboxylic acids is 1. The summed E-state index contributed by atoms with van der Waals surface area (Å²) in [5, 5.41) is 11.9. The minimum atomic E-state index is -1.06. The largest absolute Gasteiger partial charge is 0.478 e. The maximum Gasteiger partial charge on any atom is 0.337 e. The van der Waals surface area contributed by atoms with E-state index in [1.165, 1.54) is 11.6 Å². The number of carbonyl (C=O) groups is 2. The van der Waals surface area contributed by atoms with E-state index in [-0.39, 0.29) is 11.5 Å². The van der Waals surface area contributed by atoms with Gasteiger partial charge in [0, 0.05) is 9.13 Å². The van der Waals surface area contributed by atoms with Crippen molar-refractivity contribution in [2.24, 2.45) is 0 Å². The Labute approximate surface area is 149 Å². The number of unbranched alkanes of at least 4 members (excludes halogenated alkanes) is 1. The molecule has 120 valence electrons. The van der Waals surface area contributed by atoms with Gasteiger partial charge >= 0.3 is 5.97 Å². The molecular formula is C18H18INO3. The van der Waals surface area contributed by atoms with Crippen LogP contribution in [-0.4, -0.2) is 17.0 Å². The fourth-order valence-electron chi connectivity index (χ4n) is 2.20. The van der Waals surface area contributed by atoms with E-state index in [1.807, 2.05) is 34.7 Å². The van der Waals surface area contributed by atoms with Crippen molar-refractivity contribution in [1.29, 1.82) is 0 Å². The van der Waals surface area contributed by atoms with Gasteiger partial charge in [-0.2, -0.15) is 0 Å². The number of rotatable bonds is 6. The molecule has 2 rings (SSSR count). The Bertz CT molecular complexity index is 711. The molecule has 0 unspecified atom stereocenters. The summed E-state index contributed by atoms with van der Waals surface area (Å²) >= 11 is 2.04. The molecule has 0 fully saturated rings. The molecule has 2 aromatic carbocycles. The molecule has 1 amide bonds. The lowest BCUT2D eigenvalue weighted by atomic mass is 10.1. The smallest absolute Gasteiger partial charge is 0.337 e. The van der Waals surface area contributed by atoms with Crippen molar-refractivity contribution in [3.63, 3.8) is 0 Å². The lowest BCUT2D eigenvalue weighted by Crippen LogP contribution is -2.15. The molecule has 0 aliphatic rings. The standard InChI is InChI=1S/C18H18INO3/c1-2-3-4-12-5-7-13(8-6-12)17(21)20-16-10-9-14(19)11-15(16)18(22)23/h5-11H,2-4H2,1H3,(H,20,21)(H,22,23). The number of hydrogen-bond acceptors (Lipinski definition) is 2. The monoisotopic (exact) mass is 423 g/mol. The Morgan fingerprint density at radius 2 is 1.83 bits per heavy atom. The molecule has 0 aliphatic heterocycles. The molecule has 2 aromatic rings. The normalized spacial score (nSPS) is 10.3. The van der Waals surface area contributed by atoms with Crippen LogP contribution in [0.5, 0.6) is 0 Å². The minimum Gasteiger partial charge on any atom is -0.478 e. The van der Waals surface area contributed by atoms with Gasteiger partial charge in [0.15, 0.2) is 0 Å². The number of halogens is 1. The van der Waals surface area contributed by atoms with Crippen molar-refractivity contribution in [2.75, 3.05) is 5.32 Å². The maximum atomic E-state index is 12.3. The molecule has 0 heterocycles. The Hall–Kier alpha value is -1.89. The number of amides is 1. The molecule has 23 heavy (non-hydrogen) atoms. The van der Waals surface area contributed by atoms with Gasteiger partial charge in [0.1, 0.15) is 0 Å². The Morgan fingerprint density at radius 3 is 2.43 bits per heavy atom. The van der Waals surface area contributed by atoms with E-state index in [1.54, 1.807) is 24.3 Å². The van der Waals surface area contributed by atoms with Crippen LogP contribution in [0, 0.1) is 3.57 Å². The van der Waals surface area contributed by atoms with Crippen LogP contribution in [0.1, 0.15) is 46.0 Å². The lowest BCUT2D eigenvalue weighted by Gasteiger charge is -2.09. The molecule has 0 spiro atoms. The number of carbonyl (C=O) groups excluding carboxylic acids is 1. The van der Waals surface area contributed by atoms with E-state index in [4.69, 9.17) is 0 Å². The molecular weight excluding hydrogens is 405 g/mol. The Balaban J connectivity index is 2.14. The van der Waals surface area contributed by atoms with E-state index in [2.05, 4.69) is 12.2 Å². The number of aromatic carboxylic acids is 1. The fraction of sp³-hybridized carbons (Fsp3) is 0.222. The van der Waals surface area contributed by atoms with Gasteiger partial charge in [-0.1, -0.05) is 25.5 Å². The summed E-state index contributed by atoms with van der Waals surface area (Å²) in [4.78, 5) is 23.6. The van der Waals surface area contributed by atoms with E-state index in [9.17, 15) is 14.7 Å². The average molecular weight is 423 g/mol. The first-order valence-corrected chi connectivity index (χ1v) is 8.52. The second-order valence-electron chi connectivity index (χ2n) is 5.25. The first-order chi connectivity index (χ1) is 11.0. The summed E-state index contributed by atoms with van der Waals surface area (Å²) in [7, 11) is 0. The highest BCUT2D eigenvalue weighted by molar-refractivity contribution is 14.1. The van der Waals surface area contributed by atoms with E-state index >= 15 is 0 Å². The second kappa shape index (κ2) is 8.10. The zero-order valence-electron chi connectivity index (χ0n) is 12.8.